The first-order valence-corrected chi connectivity index (χ1v) is 4.36. The number of hydrogen-bond acceptors (Lipinski definition) is 3. The third-order valence-corrected chi connectivity index (χ3v) is 2.04. The highest BCUT2D eigenvalue weighted by atomic mass is 32.2. The van der Waals surface area contributed by atoms with Crippen molar-refractivity contribution in [3.8, 4) is 0 Å². The monoisotopic (exact) mass is 157 g/mol. The molecule has 1 heterocycles. The third-order valence-electron chi connectivity index (χ3n) is 1.11. The second-order valence-electron chi connectivity index (χ2n) is 1.96. The Kier molecular flexibility index (Phi) is 2.62. The van der Waals surface area contributed by atoms with E-state index in [2.05, 4.69) is 17.1 Å². The van der Waals surface area contributed by atoms with Gasteiger partial charge in [-0.15, -0.1) is 0 Å². The normalized spacial score (nSPS) is 10.1. The van der Waals surface area contributed by atoms with E-state index in [4.69, 9.17) is 5.73 Å². The van der Waals surface area contributed by atoms with Crippen molar-refractivity contribution in [1.82, 2.24) is 10.2 Å². The Morgan fingerprint density at radius 1 is 1.80 bits per heavy atom. The van der Waals surface area contributed by atoms with Gasteiger partial charge in [-0.2, -0.15) is 16.9 Å². The average Bonchev–Trinajstić information content (AvgIpc) is 2.31. The molecule has 0 saturated heterocycles. The lowest BCUT2D eigenvalue weighted by molar-refractivity contribution is 1.04. The molecule has 1 aromatic rings. The highest BCUT2D eigenvalue weighted by Gasteiger charge is 1.94. The fraction of sp³-hybridized carbons (Fsp3) is 0.500. The van der Waals surface area contributed by atoms with Crippen LogP contribution in [0.25, 0.3) is 0 Å². The van der Waals surface area contributed by atoms with E-state index in [0.717, 1.165) is 17.2 Å². The van der Waals surface area contributed by atoms with Crippen LogP contribution in [0.1, 0.15) is 12.6 Å². The molecular weight excluding hydrogens is 146 g/mol. The van der Waals surface area contributed by atoms with Crippen LogP contribution in [0.15, 0.2) is 6.07 Å². The number of hydrogen-bond donors (Lipinski definition) is 2. The Labute approximate surface area is 64.4 Å². The van der Waals surface area contributed by atoms with E-state index in [-0.39, 0.29) is 0 Å². The van der Waals surface area contributed by atoms with Crippen molar-refractivity contribution < 1.29 is 0 Å². The smallest absolute Gasteiger partial charge is 0.145 e. The Morgan fingerprint density at radius 3 is 3.10 bits per heavy atom. The predicted molar refractivity (Wildman–Crippen MR) is 44.8 cm³/mol. The molecular formula is C6H11N3S. The summed E-state index contributed by atoms with van der Waals surface area (Å²) in [6, 6.07) is 1.86. The molecule has 0 aliphatic heterocycles. The van der Waals surface area contributed by atoms with Crippen LogP contribution < -0.4 is 5.73 Å². The third kappa shape index (κ3) is 1.95. The van der Waals surface area contributed by atoms with Gasteiger partial charge in [0.15, 0.2) is 0 Å². The molecule has 3 N–H and O–H groups in total. The van der Waals surface area contributed by atoms with Crippen molar-refractivity contribution in [2.75, 3.05) is 11.5 Å². The molecule has 0 spiro atoms. The number of nitrogens with zero attached hydrogens (tertiary/aromatic N) is 1. The van der Waals surface area contributed by atoms with Crippen LogP contribution in [-0.2, 0) is 5.75 Å². The number of nitrogen functional groups attached to an aromatic ring is 1. The van der Waals surface area contributed by atoms with E-state index in [9.17, 15) is 0 Å². The molecule has 10 heavy (non-hydrogen) atoms. The van der Waals surface area contributed by atoms with E-state index in [1.807, 2.05) is 17.8 Å². The van der Waals surface area contributed by atoms with Gasteiger partial charge in [-0.1, -0.05) is 6.92 Å². The molecule has 1 rings (SSSR count). The fourth-order valence-corrected chi connectivity index (χ4v) is 1.24. The van der Waals surface area contributed by atoms with Crippen LogP contribution in [0, 0.1) is 0 Å². The minimum absolute atomic E-state index is 0.576. The zero-order valence-electron chi connectivity index (χ0n) is 5.92. The summed E-state index contributed by atoms with van der Waals surface area (Å²) in [6.07, 6.45) is 0. The van der Waals surface area contributed by atoms with E-state index in [1.54, 1.807) is 0 Å². The minimum atomic E-state index is 0.576. The molecule has 56 valence electrons. The van der Waals surface area contributed by atoms with E-state index in [0.29, 0.717) is 5.82 Å². The van der Waals surface area contributed by atoms with Gasteiger partial charge in [0, 0.05) is 17.5 Å². The number of anilines is 1. The molecule has 1 aromatic heterocycles. The largest absolute Gasteiger partial charge is 0.382 e. The topological polar surface area (TPSA) is 54.7 Å². The first-order chi connectivity index (χ1) is 4.83. The highest BCUT2D eigenvalue weighted by molar-refractivity contribution is 7.98. The summed E-state index contributed by atoms with van der Waals surface area (Å²) in [4.78, 5) is 0. The van der Waals surface area contributed by atoms with Crippen molar-refractivity contribution in [2.24, 2.45) is 0 Å². The summed E-state index contributed by atoms with van der Waals surface area (Å²) in [6.45, 7) is 2.13. The van der Waals surface area contributed by atoms with Crippen molar-refractivity contribution in [2.45, 2.75) is 12.7 Å². The molecule has 4 heteroatoms. The van der Waals surface area contributed by atoms with Gasteiger partial charge in [0.25, 0.3) is 0 Å². The number of aromatic amines is 1. The molecule has 0 radical (unpaired) electrons. The van der Waals surface area contributed by atoms with Gasteiger partial charge >= 0.3 is 0 Å². The lowest BCUT2D eigenvalue weighted by Crippen LogP contribution is -1.81. The number of H-pyrrole nitrogens is 1. The summed E-state index contributed by atoms with van der Waals surface area (Å²) in [5.41, 5.74) is 6.50. The lowest BCUT2D eigenvalue weighted by atomic mass is 10.5. The summed E-state index contributed by atoms with van der Waals surface area (Å²) >= 11 is 1.85. The maximum atomic E-state index is 5.40. The zero-order valence-corrected chi connectivity index (χ0v) is 6.74. The Hall–Kier alpha value is -0.640. The van der Waals surface area contributed by atoms with Crippen molar-refractivity contribution in [3.05, 3.63) is 11.8 Å². The van der Waals surface area contributed by atoms with Crippen LogP contribution in [0.3, 0.4) is 0 Å². The van der Waals surface area contributed by atoms with Gasteiger partial charge < -0.3 is 5.73 Å². The van der Waals surface area contributed by atoms with Crippen LogP contribution in [0.2, 0.25) is 0 Å². The summed E-state index contributed by atoms with van der Waals surface area (Å²) in [7, 11) is 0. The summed E-state index contributed by atoms with van der Waals surface area (Å²) in [5, 5.41) is 6.65. The van der Waals surface area contributed by atoms with E-state index in [1.165, 1.54) is 0 Å². The van der Waals surface area contributed by atoms with Crippen LogP contribution >= 0.6 is 11.8 Å². The molecule has 0 amide bonds. The van der Waals surface area contributed by atoms with Gasteiger partial charge in [0.2, 0.25) is 0 Å². The van der Waals surface area contributed by atoms with Gasteiger partial charge in [-0.25, -0.2) is 0 Å². The second-order valence-corrected chi connectivity index (χ2v) is 3.23. The standard InChI is InChI=1S/C6H11N3S/c1-2-10-4-5-3-6(7)9-8-5/h3H,2,4H2,1H3,(H3,7,8,9). The lowest BCUT2D eigenvalue weighted by Gasteiger charge is -1.90. The van der Waals surface area contributed by atoms with Crippen LogP contribution in [0.5, 0.6) is 0 Å². The van der Waals surface area contributed by atoms with E-state index >= 15 is 0 Å². The molecule has 0 aliphatic rings. The zero-order chi connectivity index (χ0) is 7.40. The first-order valence-electron chi connectivity index (χ1n) is 3.20. The van der Waals surface area contributed by atoms with Crippen molar-refractivity contribution in [3.63, 3.8) is 0 Å². The average molecular weight is 157 g/mol. The summed E-state index contributed by atoms with van der Waals surface area (Å²) < 4.78 is 0. The molecule has 0 aromatic carbocycles. The van der Waals surface area contributed by atoms with Gasteiger partial charge in [-0.05, 0) is 5.75 Å². The number of nitrogens with two attached hydrogens (primary N) is 1. The van der Waals surface area contributed by atoms with Gasteiger partial charge in [0.05, 0.1) is 0 Å². The summed E-state index contributed by atoms with van der Waals surface area (Å²) in [5.74, 6) is 2.67. The minimum Gasteiger partial charge on any atom is -0.382 e. The molecule has 0 saturated carbocycles. The predicted octanol–water partition coefficient (Wildman–Crippen LogP) is 1.25. The van der Waals surface area contributed by atoms with Crippen LogP contribution in [-0.4, -0.2) is 16.0 Å². The number of thioether (sulfide) groups is 1. The van der Waals surface area contributed by atoms with Crippen molar-refractivity contribution >= 4 is 17.6 Å². The molecule has 0 unspecified atom stereocenters. The van der Waals surface area contributed by atoms with Crippen LogP contribution in [0.4, 0.5) is 5.82 Å². The van der Waals surface area contributed by atoms with Gasteiger partial charge in [0.1, 0.15) is 5.82 Å². The Balaban J connectivity index is 2.42. The SMILES string of the molecule is CCSCc1cc(N)n[nH]1. The van der Waals surface area contributed by atoms with Gasteiger partial charge in [-0.3, -0.25) is 5.10 Å². The molecule has 0 aliphatic carbocycles. The second kappa shape index (κ2) is 3.51. The molecule has 0 atom stereocenters. The number of aromatic nitrogens is 2. The number of rotatable bonds is 3. The molecule has 3 nitrogen and oxygen atoms in total. The van der Waals surface area contributed by atoms with E-state index < -0.39 is 0 Å². The Morgan fingerprint density at radius 2 is 2.60 bits per heavy atom. The first kappa shape index (κ1) is 7.47. The number of nitrogens with one attached hydrogen (secondary N) is 1. The Bertz CT molecular complexity index is 197. The fourth-order valence-electron chi connectivity index (χ4n) is 0.665. The van der Waals surface area contributed by atoms with Crippen molar-refractivity contribution in [1.29, 1.82) is 0 Å². The maximum absolute atomic E-state index is 5.40. The maximum Gasteiger partial charge on any atom is 0.145 e. The molecule has 0 fully saturated rings. The highest BCUT2D eigenvalue weighted by Crippen LogP contribution is 2.10. The molecule has 0 bridgehead atoms. The quantitative estimate of drug-likeness (QED) is 0.694.